The van der Waals surface area contributed by atoms with Crippen LogP contribution in [0.3, 0.4) is 0 Å². The van der Waals surface area contributed by atoms with Crippen LogP contribution < -0.4 is 5.73 Å². The van der Waals surface area contributed by atoms with Gasteiger partial charge in [-0.15, -0.1) is 0 Å². The van der Waals surface area contributed by atoms with Crippen LogP contribution in [0, 0.1) is 0 Å². The molecule has 12 heavy (non-hydrogen) atoms. The Kier molecular flexibility index (Phi) is 7.23. The van der Waals surface area contributed by atoms with Crippen molar-refractivity contribution in [2.75, 3.05) is 26.1 Å². The monoisotopic (exact) mass is 193 g/mol. The second-order valence-corrected chi connectivity index (χ2v) is 2.67. The largest absolute Gasteiger partial charge is 0.464 e. The first-order valence-corrected chi connectivity index (χ1v) is 4.37. The van der Waals surface area contributed by atoms with Crippen LogP contribution >= 0.6 is 12.6 Å². The van der Waals surface area contributed by atoms with Gasteiger partial charge >= 0.3 is 5.97 Å². The summed E-state index contributed by atoms with van der Waals surface area (Å²) >= 11 is 3.87. The molecule has 0 aromatic carbocycles. The second-order valence-electron chi connectivity index (χ2n) is 2.30. The van der Waals surface area contributed by atoms with Crippen LogP contribution in [0.15, 0.2) is 0 Å². The van der Waals surface area contributed by atoms with E-state index < -0.39 is 12.0 Å². The summed E-state index contributed by atoms with van der Waals surface area (Å²) in [5, 5.41) is 0. The molecule has 0 aromatic rings. The number of methoxy groups -OCH3 is 1. The Morgan fingerprint density at radius 1 is 1.58 bits per heavy atom. The molecule has 0 radical (unpaired) electrons. The average Bonchev–Trinajstić information content (AvgIpc) is 2.10. The highest BCUT2D eigenvalue weighted by molar-refractivity contribution is 7.80. The molecule has 0 amide bonds. The Balaban J connectivity index is 3.31. The molecule has 0 aliphatic rings. The maximum Gasteiger partial charge on any atom is 0.323 e. The molecule has 0 bridgehead atoms. The zero-order valence-electron chi connectivity index (χ0n) is 7.16. The SMILES string of the molecule is COCCCOC(=O)[C@@H](N)CS. The van der Waals surface area contributed by atoms with Crippen LogP contribution in [0.5, 0.6) is 0 Å². The van der Waals surface area contributed by atoms with E-state index in [1.807, 2.05) is 0 Å². The fraction of sp³-hybridized carbons (Fsp3) is 0.857. The molecule has 0 saturated carbocycles. The highest BCUT2D eigenvalue weighted by atomic mass is 32.1. The van der Waals surface area contributed by atoms with Crippen LogP contribution in [0.2, 0.25) is 0 Å². The molecule has 0 aliphatic heterocycles. The summed E-state index contributed by atoms with van der Waals surface area (Å²) in [6.45, 7) is 0.942. The van der Waals surface area contributed by atoms with E-state index >= 15 is 0 Å². The van der Waals surface area contributed by atoms with Crippen molar-refractivity contribution in [3.63, 3.8) is 0 Å². The first kappa shape index (κ1) is 11.7. The van der Waals surface area contributed by atoms with Gasteiger partial charge in [0.25, 0.3) is 0 Å². The number of esters is 1. The lowest BCUT2D eigenvalue weighted by Gasteiger charge is -2.08. The summed E-state index contributed by atoms with van der Waals surface area (Å²) in [7, 11) is 1.60. The lowest BCUT2D eigenvalue weighted by atomic mass is 10.4. The number of carbonyl (C=O) groups excluding carboxylic acids is 1. The first-order valence-electron chi connectivity index (χ1n) is 3.74. The number of ether oxygens (including phenoxy) is 2. The van der Waals surface area contributed by atoms with Crippen LogP contribution in [0.4, 0.5) is 0 Å². The quantitative estimate of drug-likeness (QED) is 0.349. The van der Waals surface area contributed by atoms with Crippen LogP contribution in [-0.2, 0) is 14.3 Å². The average molecular weight is 193 g/mol. The van der Waals surface area contributed by atoms with Gasteiger partial charge in [-0.3, -0.25) is 4.79 Å². The van der Waals surface area contributed by atoms with Gasteiger partial charge in [-0.05, 0) is 0 Å². The number of rotatable bonds is 6. The van der Waals surface area contributed by atoms with Gasteiger partial charge in [-0.1, -0.05) is 0 Å². The maximum atomic E-state index is 10.9. The minimum Gasteiger partial charge on any atom is -0.464 e. The Labute approximate surface area is 77.8 Å². The molecule has 5 heteroatoms. The standard InChI is InChI=1S/C7H15NO3S/c1-10-3-2-4-11-7(9)6(8)5-12/h6,12H,2-5,8H2,1H3/t6-/m0/s1. The van der Waals surface area contributed by atoms with Crippen molar-refractivity contribution in [2.24, 2.45) is 5.73 Å². The van der Waals surface area contributed by atoms with Crippen molar-refractivity contribution in [1.29, 1.82) is 0 Å². The Hall–Kier alpha value is -0.260. The normalized spacial score (nSPS) is 12.6. The van der Waals surface area contributed by atoms with E-state index in [-0.39, 0.29) is 0 Å². The molecule has 4 nitrogen and oxygen atoms in total. The van der Waals surface area contributed by atoms with E-state index in [0.717, 1.165) is 0 Å². The minimum absolute atomic E-state index is 0.309. The van der Waals surface area contributed by atoms with Crippen LogP contribution in [-0.4, -0.2) is 38.1 Å². The molecule has 0 saturated heterocycles. The van der Waals surface area contributed by atoms with Crippen LogP contribution in [0.25, 0.3) is 0 Å². The number of hydrogen-bond donors (Lipinski definition) is 2. The van der Waals surface area contributed by atoms with Crippen molar-refractivity contribution in [1.82, 2.24) is 0 Å². The van der Waals surface area contributed by atoms with Gasteiger partial charge in [0.2, 0.25) is 0 Å². The summed E-state index contributed by atoms with van der Waals surface area (Å²) in [4.78, 5) is 10.9. The summed E-state index contributed by atoms with van der Waals surface area (Å²) in [6.07, 6.45) is 0.696. The Bertz CT molecular complexity index is 132. The number of nitrogens with two attached hydrogens (primary N) is 1. The van der Waals surface area contributed by atoms with E-state index in [2.05, 4.69) is 12.6 Å². The molecule has 0 aromatic heterocycles. The van der Waals surface area contributed by atoms with Gasteiger partial charge in [-0.25, -0.2) is 0 Å². The van der Waals surface area contributed by atoms with Crippen molar-refractivity contribution in [3.8, 4) is 0 Å². The van der Waals surface area contributed by atoms with Crippen LogP contribution in [0.1, 0.15) is 6.42 Å². The highest BCUT2D eigenvalue weighted by Gasteiger charge is 2.11. The lowest BCUT2D eigenvalue weighted by molar-refractivity contribution is -0.144. The van der Waals surface area contributed by atoms with Gasteiger partial charge in [-0.2, -0.15) is 12.6 Å². The number of carbonyl (C=O) groups is 1. The fourth-order valence-corrected chi connectivity index (χ4v) is 0.707. The van der Waals surface area contributed by atoms with Gasteiger partial charge in [0.15, 0.2) is 0 Å². The predicted molar refractivity (Wildman–Crippen MR) is 49.3 cm³/mol. The molecule has 0 fully saturated rings. The van der Waals surface area contributed by atoms with Gasteiger partial charge < -0.3 is 15.2 Å². The Morgan fingerprint density at radius 2 is 2.25 bits per heavy atom. The molecule has 1 atom stereocenters. The van der Waals surface area contributed by atoms with E-state index in [1.54, 1.807) is 7.11 Å². The minimum atomic E-state index is -0.615. The third-order valence-electron chi connectivity index (χ3n) is 1.24. The van der Waals surface area contributed by atoms with E-state index in [1.165, 1.54) is 0 Å². The van der Waals surface area contributed by atoms with Gasteiger partial charge in [0.1, 0.15) is 6.04 Å². The smallest absolute Gasteiger partial charge is 0.323 e. The zero-order valence-corrected chi connectivity index (χ0v) is 8.05. The molecule has 72 valence electrons. The topological polar surface area (TPSA) is 61.5 Å². The third kappa shape index (κ3) is 5.40. The molecule has 2 N–H and O–H groups in total. The van der Waals surface area contributed by atoms with Crippen molar-refractivity contribution in [3.05, 3.63) is 0 Å². The Morgan fingerprint density at radius 3 is 2.75 bits per heavy atom. The summed E-state index contributed by atoms with van der Waals surface area (Å²) in [5.41, 5.74) is 5.35. The molecule has 0 spiro atoms. The zero-order chi connectivity index (χ0) is 9.40. The molecule has 0 unspecified atom stereocenters. The van der Waals surface area contributed by atoms with E-state index in [4.69, 9.17) is 15.2 Å². The molecule has 0 aliphatic carbocycles. The molecular weight excluding hydrogens is 178 g/mol. The number of hydrogen-bond acceptors (Lipinski definition) is 5. The highest BCUT2D eigenvalue weighted by Crippen LogP contribution is 1.90. The molecule has 0 heterocycles. The van der Waals surface area contributed by atoms with Crippen molar-refractivity contribution >= 4 is 18.6 Å². The maximum absolute atomic E-state index is 10.9. The van der Waals surface area contributed by atoms with Gasteiger partial charge in [0.05, 0.1) is 6.61 Å². The number of thiol groups is 1. The van der Waals surface area contributed by atoms with E-state index in [9.17, 15) is 4.79 Å². The second kappa shape index (κ2) is 7.39. The van der Waals surface area contributed by atoms with Crippen molar-refractivity contribution < 1.29 is 14.3 Å². The van der Waals surface area contributed by atoms with E-state index in [0.29, 0.717) is 25.4 Å². The molecule has 0 rings (SSSR count). The lowest BCUT2D eigenvalue weighted by Crippen LogP contribution is -2.34. The van der Waals surface area contributed by atoms with Crippen molar-refractivity contribution in [2.45, 2.75) is 12.5 Å². The fourth-order valence-electron chi connectivity index (χ4n) is 0.558. The van der Waals surface area contributed by atoms with Gasteiger partial charge in [0, 0.05) is 25.9 Å². The summed E-state index contributed by atoms with van der Waals surface area (Å²) in [5.74, 6) is -0.0931. The predicted octanol–water partition coefficient (Wildman–Crippen LogP) is -0.177. The molecular formula is C7H15NO3S. The third-order valence-corrected chi connectivity index (χ3v) is 1.63. The summed E-state index contributed by atoms with van der Waals surface area (Å²) < 4.78 is 9.58. The first-order chi connectivity index (χ1) is 5.72. The summed E-state index contributed by atoms with van der Waals surface area (Å²) in [6, 6.07) is -0.615.